The summed E-state index contributed by atoms with van der Waals surface area (Å²) >= 11 is 0. The average Bonchev–Trinajstić information content (AvgIpc) is 2.84. The number of rotatable bonds is 4. The van der Waals surface area contributed by atoms with Gasteiger partial charge in [-0.15, -0.1) is 0 Å². The Morgan fingerprint density at radius 2 is 1.76 bits per heavy atom. The number of hydrogen-bond donors (Lipinski definition) is 1. The summed E-state index contributed by atoms with van der Waals surface area (Å²) in [5.41, 5.74) is 0.0582. The highest BCUT2D eigenvalue weighted by Crippen LogP contribution is 2.23. The Balaban J connectivity index is 2.10. The molecule has 2 rings (SSSR count). The summed E-state index contributed by atoms with van der Waals surface area (Å²) in [6.45, 7) is 6.96. The number of nitrogens with zero attached hydrogens (tertiary/aromatic N) is 1. The van der Waals surface area contributed by atoms with Gasteiger partial charge in [-0.25, -0.2) is 4.79 Å². The van der Waals surface area contributed by atoms with Crippen molar-refractivity contribution >= 4 is 29.4 Å². The van der Waals surface area contributed by atoms with Gasteiger partial charge in [0.25, 0.3) is 5.91 Å². The lowest BCUT2D eigenvalue weighted by molar-refractivity contribution is -0.130. The van der Waals surface area contributed by atoms with Gasteiger partial charge >= 0.3 is 5.97 Å². The van der Waals surface area contributed by atoms with Gasteiger partial charge < -0.3 is 10.1 Å². The second kappa shape index (κ2) is 7.04. The van der Waals surface area contributed by atoms with E-state index in [1.165, 1.54) is 19.1 Å². The molecule has 1 aliphatic rings. The lowest BCUT2D eigenvalue weighted by atomic mass is 10.1. The van der Waals surface area contributed by atoms with E-state index in [0.29, 0.717) is 5.69 Å². The minimum Gasteiger partial charge on any atom is -0.449 e. The molecule has 134 valence electrons. The first-order valence-electron chi connectivity index (χ1n) is 8.07. The molecule has 1 aliphatic heterocycles. The zero-order valence-corrected chi connectivity index (χ0v) is 14.8. The van der Waals surface area contributed by atoms with Crippen molar-refractivity contribution in [3.8, 4) is 0 Å². The Hall–Kier alpha value is -2.70. The van der Waals surface area contributed by atoms with E-state index < -0.39 is 23.5 Å². The van der Waals surface area contributed by atoms with Crippen molar-refractivity contribution < 1.29 is 23.9 Å². The summed E-state index contributed by atoms with van der Waals surface area (Å²) in [5, 5.41) is 2.73. The van der Waals surface area contributed by atoms with Crippen LogP contribution in [0.2, 0.25) is 0 Å². The van der Waals surface area contributed by atoms with Crippen LogP contribution in [0, 0.1) is 0 Å². The summed E-state index contributed by atoms with van der Waals surface area (Å²) in [5.74, 6) is -1.69. The number of esters is 1. The molecule has 1 fully saturated rings. The summed E-state index contributed by atoms with van der Waals surface area (Å²) in [6, 6.07) is 6.06. The van der Waals surface area contributed by atoms with Crippen molar-refractivity contribution in [2.24, 2.45) is 0 Å². The summed E-state index contributed by atoms with van der Waals surface area (Å²) in [7, 11) is 0. The molecule has 1 aromatic carbocycles. The molecule has 1 N–H and O–H groups in total. The van der Waals surface area contributed by atoms with Crippen molar-refractivity contribution in [2.45, 2.75) is 52.2 Å². The number of amides is 3. The van der Waals surface area contributed by atoms with Crippen molar-refractivity contribution in [3.05, 3.63) is 29.8 Å². The van der Waals surface area contributed by atoms with Crippen LogP contribution in [0.4, 0.5) is 5.69 Å². The van der Waals surface area contributed by atoms with Gasteiger partial charge in [0.05, 0.1) is 11.3 Å². The zero-order chi connectivity index (χ0) is 18.8. The Bertz CT molecular complexity index is 704. The van der Waals surface area contributed by atoms with Crippen LogP contribution >= 0.6 is 0 Å². The molecule has 25 heavy (non-hydrogen) atoms. The molecule has 7 nitrogen and oxygen atoms in total. The van der Waals surface area contributed by atoms with Crippen molar-refractivity contribution in [1.29, 1.82) is 0 Å². The van der Waals surface area contributed by atoms with E-state index >= 15 is 0 Å². The number of carbonyl (C=O) groups excluding carboxylic acids is 4. The third-order valence-electron chi connectivity index (χ3n) is 3.54. The van der Waals surface area contributed by atoms with Crippen LogP contribution in [0.5, 0.6) is 0 Å². The molecular formula is C18H22N2O5. The van der Waals surface area contributed by atoms with Gasteiger partial charge in [0.1, 0.15) is 0 Å². The molecule has 0 unspecified atom stereocenters. The predicted octanol–water partition coefficient (Wildman–Crippen LogP) is 1.80. The van der Waals surface area contributed by atoms with E-state index in [4.69, 9.17) is 4.74 Å². The summed E-state index contributed by atoms with van der Waals surface area (Å²) < 4.78 is 5.18. The van der Waals surface area contributed by atoms with Crippen molar-refractivity contribution in [2.75, 3.05) is 4.90 Å². The van der Waals surface area contributed by atoms with Gasteiger partial charge in [-0.1, -0.05) is 6.07 Å². The molecule has 0 bridgehead atoms. The van der Waals surface area contributed by atoms with Gasteiger partial charge in [-0.05, 0) is 45.9 Å². The van der Waals surface area contributed by atoms with E-state index in [2.05, 4.69) is 5.32 Å². The molecule has 3 amide bonds. The second-order valence-corrected chi connectivity index (χ2v) is 6.96. The van der Waals surface area contributed by atoms with Crippen LogP contribution in [0.1, 0.15) is 50.9 Å². The van der Waals surface area contributed by atoms with E-state index in [1.807, 2.05) is 20.8 Å². The number of imide groups is 1. The van der Waals surface area contributed by atoms with Crippen LogP contribution in [0.3, 0.4) is 0 Å². The van der Waals surface area contributed by atoms with Crippen molar-refractivity contribution in [1.82, 2.24) is 5.32 Å². The number of benzene rings is 1. The van der Waals surface area contributed by atoms with Crippen LogP contribution in [0.15, 0.2) is 24.3 Å². The highest BCUT2D eigenvalue weighted by atomic mass is 16.5. The maximum atomic E-state index is 12.3. The molecule has 0 saturated carbocycles. The second-order valence-electron chi connectivity index (χ2n) is 6.96. The Kier molecular flexibility index (Phi) is 5.25. The summed E-state index contributed by atoms with van der Waals surface area (Å²) in [4.78, 5) is 48.9. The van der Waals surface area contributed by atoms with Crippen LogP contribution in [0.25, 0.3) is 0 Å². The molecule has 1 atom stereocenters. The lowest BCUT2D eigenvalue weighted by Crippen LogP contribution is -2.46. The number of nitrogens with one attached hydrogen (secondary N) is 1. The molecule has 0 aliphatic carbocycles. The quantitative estimate of drug-likeness (QED) is 0.663. The number of ether oxygens (including phenoxy) is 1. The minimum atomic E-state index is -0.967. The number of anilines is 1. The SMILES string of the molecule is C[C@@H](OC(=O)c1cccc(N2C(=O)CCC2=O)c1)C(=O)NC(C)(C)C. The average molecular weight is 346 g/mol. The van der Waals surface area contributed by atoms with Gasteiger partial charge in [-0.2, -0.15) is 0 Å². The fraction of sp³-hybridized carbons (Fsp3) is 0.444. The smallest absolute Gasteiger partial charge is 0.338 e. The Labute approximate surface area is 146 Å². The molecule has 1 aromatic rings. The Morgan fingerprint density at radius 1 is 1.16 bits per heavy atom. The van der Waals surface area contributed by atoms with Gasteiger partial charge in [0.2, 0.25) is 11.8 Å². The third-order valence-corrected chi connectivity index (χ3v) is 3.54. The highest BCUT2D eigenvalue weighted by molar-refractivity contribution is 6.20. The molecule has 0 aromatic heterocycles. The molecule has 1 saturated heterocycles. The molecular weight excluding hydrogens is 324 g/mol. The van der Waals surface area contributed by atoms with E-state index in [9.17, 15) is 19.2 Å². The first-order valence-corrected chi connectivity index (χ1v) is 8.07. The van der Waals surface area contributed by atoms with Gasteiger partial charge in [0.15, 0.2) is 6.10 Å². The van der Waals surface area contributed by atoms with Gasteiger partial charge in [0, 0.05) is 18.4 Å². The fourth-order valence-electron chi connectivity index (χ4n) is 2.39. The fourth-order valence-corrected chi connectivity index (χ4v) is 2.39. The molecule has 1 heterocycles. The first kappa shape index (κ1) is 18.6. The van der Waals surface area contributed by atoms with Crippen LogP contribution in [-0.4, -0.2) is 35.3 Å². The first-order chi connectivity index (χ1) is 11.6. The van der Waals surface area contributed by atoms with Crippen molar-refractivity contribution in [3.63, 3.8) is 0 Å². The molecule has 7 heteroatoms. The standard InChI is InChI=1S/C18H22N2O5/c1-11(16(23)19-18(2,3)4)25-17(24)12-6-5-7-13(10-12)20-14(21)8-9-15(20)22/h5-7,10-11H,8-9H2,1-4H3,(H,19,23)/t11-/m1/s1. The monoisotopic (exact) mass is 346 g/mol. The number of hydrogen-bond acceptors (Lipinski definition) is 5. The lowest BCUT2D eigenvalue weighted by Gasteiger charge is -2.23. The third kappa shape index (κ3) is 4.65. The highest BCUT2D eigenvalue weighted by Gasteiger charge is 2.31. The molecule has 0 spiro atoms. The van der Waals surface area contributed by atoms with E-state index in [0.717, 1.165) is 4.90 Å². The van der Waals surface area contributed by atoms with Crippen LogP contribution in [-0.2, 0) is 19.1 Å². The van der Waals surface area contributed by atoms with E-state index in [1.54, 1.807) is 12.1 Å². The maximum absolute atomic E-state index is 12.3. The zero-order valence-electron chi connectivity index (χ0n) is 14.8. The maximum Gasteiger partial charge on any atom is 0.338 e. The topological polar surface area (TPSA) is 92.8 Å². The van der Waals surface area contributed by atoms with Gasteiger partial charge in [-0.3, -0.25) is 19.3 Å². The normalized spacial score (nSPS) is 15.9. The largest absolute Gasteiger partial charge is 0.449 e. The summed E-state index contributed by atoms with van der Waals surface area (Å²) in [6.07, 6.45) is -0.639. The van der Waals surface area contributed by atoms with E-state index in [-0.39, 0.29) is 30.2 Å². The van der Waals surface area contributed by atoms with Crippen LogP contribution < -0.4 is 10.2 Å². The number of carbonyl (C=O) groups is 4. The predicted molar refractivity (Wildman–Crippen MR) is 90.9 cm³/mol. The minimum absolute atomic E-state index is 0.164. The molecule has 0 radical (unpaired) electrons. The Morgan fingerprint density at radius 3 is 2.32 bits per heavy atom.